The van der Waals surface area contributed by atoms with Crippen LogP contribution in [0.4, 0.5) is 19.0 Å². The molecule has 19 heavy (non-hydrogen) atoms. The van der Waals surface area contributed by atoms with Crippen LogP contribution in [0.2, 0.25) is 5.02 Å². The van der Waals surface area contributed by atoms with E-state index in [1.807, 2.05) is 0 Å². The Labute approximate surface area is 114 Å². The van der Waals surface area contributed by atoms with Crippen LogP contribution in [0.15, 0.2) is 22.4 Å². The molecule has 2 rings (SSSR count). The Morgan fingerprint density at radius 3 is 2.74 bits per heavy atom. The fraction of sp³-hybridized carbons (Fsp3) is 0.200. The van der Waals surface area contributed by atoms with E-state index in [9.17, 15) is 18.0 Å². The van der Waals surface area contributed by atoms with Gasteiger partial charge in [-0.15, -0.1) is 0 Å². The maximum atomic E-state index is 12.4. The van der Waals surface area contributed by atoms with Crippen molar-refractivity contribution in [3.8, 4) is 0 Å². The lowest BCUT2D eigenvalue weighted by molar-refractivity contribution is -0.137. The lowest BCUT2D eigenvalue weighted by atomic mass is 10.3. The van der Waals surface area contributed by atoms with Gasteiger partial charge in [0.05, 0.1) is 17.1 Å². The molecule has 2 heterocycles. The zero-order chi connectivity index (χ0) is 14.0. The minimum Gasteiger partial charge on any atom is -0.363 e. The zero-order valence-corrected chi connectivity index (χ0v) is 10.8. The number of H-pyrrole nitrogens is 1. The van der Waals surface area contributed by atoms with Crippen LogP contribution in [-0.2, 0) is 12.7 Å². The van der Waals surface area contributed by atoms with Crippen molar-refractivity contribution in [3.63, 3.8) is 0 Å². The van der Waals surface area contributed by atoms with E-state index >= 15 is 0 Å². The SMILES string of the molecule is O=c1[nH]c(CNc2ncc(C(F)(F)F)cc2Cl)cs1. The number of nitrogens with zero attached hydrogens (tertiary/aromatic N) is 1. The molecule has 9 heteroatoms. The number of nitrogens with one attached hydrogen (secondary N) is 2. The number of alkyl halides is 3. The fourth-order valence-corrected chi connectivity index (χ4v) is 2.12. The van der Waals surface area contributed by atoms with Crippen LogP contribution in [-0.4, -0.2) is 9.97 Å². The van der Waals surface area contributed by atoms with Crippen molar-refractivity contribution >= 4 is 28.8 Å². The summed E-state index contributed by atoms with van der Waals surface area (Å²) in [5, 5.41) is 4.22. The lowest BCUT2D eigenvalue weighted by Gasteiger charge is -2.10. The molecule has 0 aliphatic rings. The van der Waals surface area contributed by atoms with E-state index in [0.29, 0.717) is 11.9 Å². The van der Waals surface area contributed by atoms with Crippen LogP contribution >= 0.6 is 22.9 Å². The summed E-state index contributed by atoms with van der Waals surface area (Å²) in [6.45, 7) is 0.219. The number of anilines is 1. The molecule has 0 atom stereocenters. The maximum absolute atomic E-state index is 12.4. The third kappa shape index (κ3) is 3.48. The van der Waals surface area contributed by atoms with Gasteiger partial charge in [0.15, 0.2) is 0 Å². The summed E-state index contributed by atoms with van der Waals surface area (Å²) in [6.07, 6.45) is -3.78. The monoisotopic (exact) mass is 309 g/mol. The topological polar surface area (TPSA) is 57.8 Å². The molecule has 0 aromatic carbocycles. The lowest BCUT2D eigenvalue weighted by Crippen LogP contribution is -2.08. The molecule has 0 aliphatic carbocycles. The highest BCUT2D eigenvalue weighted by atomic mass is 35.5. The minimum atomic E-state index is -4.48. The largest absolute Gasteiger partial charge is 0.417 e. The number of aromatic nitrogens is 2. The van der Waals surface area contributed by atoms with Gasteiger partial charge < -0.3 is 10.3 Å². The van der Waals surface area contributed by atoms with Crippen LogP contribution in [0.5, 0.6) is 0 Å². The highest BCUT2D eigenvalue weighted by molar-refractivity contribution is 7.07. The standard InChI is InChI=1S/C10H7ClF3N3OS/c11-7-1-5(10(12,13)14)2-15-8(7)16-3-6-4-19-9(18)17-6/h1-2,4H,3H2,(H,15,16)(H,17,18). The van der Waals surface area contributed by atoms with E-state index in [-0.39, 0.29) is 22.3 Å². The number of hydrogen-bond acceptors (Lipinski definition) is 4. The fourth-order valence-electron chi connectivity index (χ4n) is 1.30. The van der Waals surface area contributed by atoms with Gasteiger partial charge in [0.2, 0.25) is 0 Å². The average Bonchev–Trinajstić information content (AvgIpc) is 2.72. The summed E-state index contributed by atoms with van der Waals surface area (Å²) in [5.41, 5.74) is -0.306. The molecule has 0 aliphatic heterocycles. The van der Waals surface area contributed by atoms with Gasteiger partial charge >= 0.3 is 11.0 Å². The summed E-state index contributed by atoms with van der Waals surface area (Å²) < 4.78 is 37.2. The van der Waals surface area contributed by atoms with E-state index in [2.05, 4.69) is 15.3 Å². The second-order valence-electron chi connectivity index (χ2n) is 3.58. The summed E-state index contributed by atoms with van der Waals surface area (Å²) in [4.78, 5) is 16.9. The predicted octanol–water partition coefficient (Wildman–Crippen LogP) is 3.12. The maximum Gasteiger partial charge on any atom is 0.417 e. The number of thiazole rings is 1. The average molecular weight is 310 g/mol. The van der Waals surface area contributed by atoms with Gasteiger partial charge in [-0.05, 0) is 6.07 Å². The first-order chi connectivity index (χ1) is 8.86. The number of rotatable bonds is 3. The van der Waals surface area contributed by atoms with Crippen molar-refractivity contribution in [2.24, 2.45) is 0 Å². The molecule has 4 nitrogen and oxygen atoms in total. The zero-order valence-electron chi connectivity index (χ0n) is 9.21. The Morgan fingerprint density at radius 1 is 1.47 bits per heavy atom. The van der Waals surface area contributed by atoms with Crippen molar-refractivity contribution in [1.29, 1.82) is 0 Å². The molecule has 0 unspecified atom stereocenters. The van der Waals surface area contributed by atoms with Crippen molar-refractivity contribution < 1.29 is 13.2 Å². The van der Waals surface area contributed by atoms with E-state index < -0.39 is 11.7 Å². The molecule has 0 saturated carbocycles. The Kier molecular flexibility index (Phi) is 3.81. The van der Waals surface area contributed by atoms with Crippen molar-refractivity contribution in [2.75, 3.05) is 5.32 Å². The van der Waals surface area contributed by atoms with Gasteiger partial charge in [-0.2, -0.15) is 13.2 Å². The second-order valence-corrected chi connectivity index (χ2v) is 4.83. The van der Waals surface area contributed by atoms with Crippen LogP contribution in [0.1, 0.15) is 11.3 Å². The van der Waals surface area contributed by atoms with Crippen molar-refractivity contribution in [3.05, 3.63) is 43.6 Å². The summed E-state index contributed by atoms with van der Waals surface area (Å²) in [6, 6.07) is 0.799. The Hall–Kier alpha value is -1.54. The van der Waals surface area contributed by atoms with Crippen molar-refractivity contribution in [1.82, 2.24) is 9.97 Å². The predicted molar refractivity (Wildman–Crippen MR) is 66.5 cm³/mol. The molecule has 0 radical (unpaired) electrons. The summed E-state index contributed by atoms with van der Waals surface area (Å²) in [5.74, 6) is 0.127. The minimum absolute atomic E-state index is 0.127. The quantitative estimate of drug-likeness (QED) is 0.916. The van der Waals surface area contributed by atoms with Gasteiger partial charge in [-0.25, -0.2) is 4.98 Å². The van der Waals surface area contributed by atoms with Crippen molar-refractivity contribution in [2.45, 2.75) is 12.7 Å². The number of aromatic amines is 1. The van der Waals surface area contributed by atoms with E-state index in [1.54, 1.807) is 5.38 Å². The molecule has 102 valence electrons. The Balaban J connectivity index is 2.11. The van der Waals surface area contributed by atoms with Crippen LogP contribution in [0, 0.1) is 0 Å². The van der Waals surface area contributed by atoms with Crippen LogP contribution in [0.25, 0.3) is 0 Å². The number of halogens is 4. The molecule has 2 aromatic heterocycles. The highest BCUT2D eigenvalue weighted by Gasteiger charge is 2.31. The van der Waals surface area contributed by atoms with Crippen LogP contribution < -0.4 is 10.2 Å². The molecular formula is C10H7ClF3N3OS. The molecule has 0 bridgehead atoms. The first-order valence-corrected chi connectivity index (χ1v) is 6.25. The molecular weight excluding hydrogens is 303 g/mol. The van der Waals surface area contributed by atoms with E-state index in [4.69, 9.17) is 11.6 Å². The third-order valence-electron chi connectivity index (χ3n) is 2.19. The number of hydrogen-bond donors (Lipinski definition) is 2. The molecule has 2 N–H and O–H groups in total. The smallest absolute Gasteiger partial charge is 0.363 e. The Morgan fingerprint density at radius 2 is 2.21 bits per heavy atom. The molecule has 0 spiro atoms. The first kappa shape index (κ1) is 13.9. The summed E-state index contributed by atoms with van der Waals surface area (Å²) >= 11 is 6.71. The molecule has 0 fully saturated rings. The van der Waals surface area contributed by atoms with Gasteiger partial charge in [0.25, 0.3) is 0 Å². The van der Waals surface area contributed by atoms with Gasteiger partial charge in [0, 0.05) is 17.3 Å². The van der Waals surface area contributed by atoms with Gasteiger partial charge in [-0.3, -0.25) is 4.79 Å². The first-order valence-electron chi connectivity index (χ1n) is 4.99. The third-order valence-corrected chi connectivity index (χ3v) is 3.19. The summed E-state index contributed by atoms with van der Waals surface area (Å²) in [7, 11) is 0. The molecule has 0 amide bonds. The second kappa shape index (κ2) is 5.22. The van der Waals surface area contributed by atoms with Gasteiger partial charge in [-0.1, -0.05) is 22.9 Å². The number of pyridine rings is 1. The Bertz CT molecular complexity index is 637. The highest BCUT2D eigenvalue weighted by Crippen LogP contribution is 2.32. The van der Waals surface area contributed by atoms with E-state index in [0.717, 1.165) is 17.4 Å². The van der Waals surface area contributed by atoms with E-state index in [1.165, 1.54) is 0 Å². The molecule has 0 saturated heterocycles. The normalized spacial score (nSPS) is 11.6. The molecule has 2 aromatic rings. The van der Waals surface area contributed by atoms with Crippen LogP contribution in [0.3, 0.4) is 0 Å². The van der Waals surface area contributed by atoms with Gasteiger partial charge in [0.1, 0.15) is 5.82 Å².